The zero-order chi connectivity index (χ0) is 11.8. The van der Waals surface area contributed by atoms with Gasteiger partial charge in [-0.3, -0.25) is 9.59 Å². The van der Waals surface area contributed by atoms with Gasteiger partial charge in [0.2, 0.25) is 5.56 Å². The lowest BCUT2D eigenvalue weighted by atomic mass is 10.3. The Morgan fingerprint density at radius 2 is 2.38 bits per heavy atom. The summed E-state index contributed by atoms with van der Waals surface area (Å²) >= 11 is 0. The second kappa shape index (κ2) is 6.44. The quantitative estimate of drug-likeness (QED) is 0.548. The highest BCUT2D eigenvalue weighted by Gasteiger charge is 2.04. The van der Waals surface area contributed by atoms with Crippen molar-refractivity contribution in [3.63, 3.8) is 0 Å². The molecule has 1 aromatic heterocycles. The number of nitrogens with one attached hydrogen (secondary N) is 2. The van der Waals surface area contributed by atoms with Crippen LogP contribution in [0.25, 0.3) is 0 Å². The van der Waals surface area contributed by atoms with E-state index in [2.05, 4.69) is 16.9 Å². The highest BCUT2D eigenvalue weighted by Crippen LogP contribution is 1.90. The summed E-state index contributed by atoms with van der Waals surface area (Å²) in [5, 5.41) is 2.66. The minimum atomic E-state index is -0.295. The van der Waals surface area contributed by atoms with Crippen LogP contribution >= 0.6 is 0 Å². The van der Waals surface area contributed by atoms with Crippen LogP contribution in [0.2, 0.25) is 0 Å². The molecule has 86 valence electrons. The van der Waals surface area contributed by atoms with Crippen LogP contribution in [-0.4, -0.2) is 24.0 Å². The van der Waals surface area contributed by atoms with Gasteiger partial charge in [-0.15, -0.1) is 0 Å². The first-order valence-corrected chi connectivity index (χ1v) is 4.94. The Morgan fingerprint density at radius 1 is 1.56 bits per heavy atom. The van der Waals surface area contributed by atoms with Crippen molar-refractivity contribution in [3.8, 4) is 0 Å². The predicted molar refractivity (Wildman–Crippen MR) is 60.2 cm³/mol. The van der Waals surface area contributed by atoms with Gasteiger partial charge in [-0.05, 0) is 12.5 Å². The van der Waals surface area contributed by atoms with E-state index in [1.807, 2.05) is 0 Å². The molecular formula is C11H14N2O3. The van der Waals surface area contributed by atoms with Crippen LogP contribution in [0.5, 0.6) is 0 Å². The molecule has 0 aromatic carbocycles. The Hall–Kier alpha value is -2.04. The van der Waals surface area contributed by atoms with Crippen LogP contribution in [0.1, 0.15) is 16.9 Å². The topological polar surface area (TPSA) is 71.2 Å². The summed E-state index contributed by atoms with van der Waals surface area (Å²) < 4.78 is 4.89. The van der Waals surface area contributed by atoms with Crippen molar-refractivity contribution in [2.75, 3.05) is 13.2 Å². The highest BCUT2D eigenvalue weighted by molar-refractivity contribution is 5.92. The highest BCUT2D eigenvalue weighted by atomic mass is 16.5. The van der Waals surface area contributed by atoms with E-state index in [4.69, 9.17) is 4.74 Å². The molecule has 0 aliphatic carbocycles. The van der Waals surface area contributed by atoms with Gasteiger partial charge in [0.25, 0.3) is 5.91 Å². The molecule has 0 unspecified atom stereocenters. The van der Waals surface area contributed by atoms with Gasteiger partial charge in [-0.2, -0.15) is 0 Å². The summed E-state index contributed by atoms with van der Waals surface area (Å²) in [6.45, 7) is 4.40. The zero-order valence-corrected chi connectivity index (χ0v) is 8.86. The lowest BCUT2D eigenvalue weighted by Crippen LogP contribution is -2.27. The van der Waals surface area contributed by atoms with E-state index in [1.54, 1.807) is 6.07 Å². The Bertz CT molecular complexity index is 412. The van der Waals surface area contributed by atoms with Gasteiger partial charge in [-0.25, -0.2) is 0 Å². The second-order valence-corrected chi connectivity index (χ2v) is 3.08. The smallest absolute Gasteiger partial charge is 0.267 e. The molecule has 1 rings (SSSR count). The number of aromatic amines is 1. The molecule has 1 aromatic rings. The third kappa shape index (κ3) is 4.00. The fourth-order valence-electron chi connectivity index (χ4n) is 1.12. The normalized spacial score (nSPS) is 9.50. The maximum Gasteiger partial charge on any atom is 0.267 e. The molecule has 0 saturated carbocycles. The molecule has 0 saturated heterocycles. The summed E-state index contributed by atoms with van der Waals surface area (Å²) in [6.07, 6.45) is 2.05. The molecule has 0 atom stereocenters. The average Bonchev–Trinajstić information content (AvgIpc) is 2.28. The maximum atomic E-state index is 11.5. The van der Waals surface area contributed by atoms with Crippen molar-refractivity contribution in [3.05, 3.63) is 47.1 Å². The van der Waals surface area contributed by atoms with Crippen molar-refractivity contribution in [2.45, 2.75) is 6.42 Å². The number of rotatable bonds is 6. The van der Waals surface area contributed by atoms with E-state index >= 15 is 0 Å². The molecule has 0 bridgehead atoms. The first kappa shape index (κ1) is 12.0. The van der Waals surface area contributed by atoms with Crippen LogP contribution in [0.15, 0.2) is 35.8 Å². The van der Waals surface area contributed by atoms with Gasteiger partial charge in [-0.1, -0.05) is 12.6 Å². The Balaban J connectivity index is 2.35. The molecule has 2 N–H and O–H groups in total. The maximum absolute atomic E-state index is 11.5. The minimum Gasteiger partial charge on any atom is -0.502 e. The molecule has 0 spiro atoms. The third-order valence-corrected chi connectivity index (χ3v) is 1.86. The van der Waals surface area contributed by atoms with E-state index in [0.717, 1.165) is 0 Å². The number of ether oxygens (including phenoxy) is 1. The molecule has 1 heterocycles. The molecule has 16 heavy (non-hydrogen) atoms. The van der Waals surface area contributed by atoms with Gasteiger partial charge in [0.15, 0.2) is 0 Å². The predicted octanol–water partition coefficient (Wildman–Crippen LogP) is 0.655. The number of carbonyl (C=O) groups is 1. The van der Waals surface area contributed by atoms with Gasteiger partial charge in [0, 0.05) is 12.6 Å². The Labute approximate surface area is 93.1 Å². The van der Waals surface area contributed by atoms with Crippen LogP contribution in [0.3, 0.4) is 0 Å². The lowest BCUT2D eigenvalue weighted by Gasteiger charge is -2.04. The Morgan fingerprint density at radius 3 is 3.06 bits per heavy atom. The summed E-state index contributed by atoms with van der Waals surface area (Å²) in [4.78, 5) is 24.9. The van der Waals surface area contributed by atoms with E-state index in [9.17, 15) is 9.59 Å². The molecule has 0 fully saturated rings. The Kier molecular flexibility index (Phi) is 4.85. The van der Waals surface area contributed by atoms with Gasteiger partial charge in [0.05, 0.1) is 12.9 Å². The van der Waals surface area contributed by atoms with Gasteiger partial charge in [0.1, 0.15) is 5.69 Å². The van der Waals surface area contributed by atoms with Crippen LogP contribution < -0.4 is 10.9 Å². The fraction of sp³-hybridized carbons (Fsp3) is 0.273. The number of amides is 1. The second-order valence-electron chi connectivity index (χ2n) is 3.08. The number of pyridine rings is 1. The van der Waals surface area contributed by atoms with E-state index < -0.39 is 0 Å². The standard InChI is InChI=1S/C11H14N2O3/c1-2-16-8-4-7-12-11(15)9-5-3-6-10(14)13-9/h2-3,5-6H,1,4,7-8H2,(H,12,15)(H,13,14). The lowest BCUT2D eigenvalue weighted by molar-refractivity contribution is 0.0945. The van der Waals surface area contributed by atoms with Crippen LogP contribution in [0, 0.1) is 0 Å². The molecular weight excluding hydrogens is 208 g/mol. The largest absolute Gasteiger partial charge is 0.502 e. The third-order valence-electron chi connectivity index (χ3n) is 1.86. The van der Waals surface area contributed by atoms with E-state index in [1.165, 1.54) is 18.4 Å². The van der Waals surface area contributed by atoms with Crippen molar-refractivity contribution >= 4 is 5.91 Å². The first-order chi connectivity index (χ1) is 7.74. The van der Waals surface area contributed by atoms with Crippen molar-refractivity contribution in [2.24, 2.45) is 0 Å². The van der Waals surface area contributed by atoms with Crippen LogP contribution in [-0.2, 0) is 4.74 Å². The molecule has 0 aliphatic heterocycles. The average molecular weight is 222 g/mol. The number of hydrogen-bond donors (Lipinski definition) is 2. The monoisotopic (exact) mass is 222 g/mol. The zero-order valence-electron chi connectivity index (χ0n) is 8.86. The van der Waals surface area contributed by atoms with Crippen molar-refractivity contribution in [1.29, 1.82) is 0 Å². The van der Waals surface area contributed by atoms with Crippen molar-refractivity contribution < 1.29 is 9.53 Å². The molecule has 5 heteroatoms. The van der Waals surface area contributed by atoms with Crippen molar-refractivity contribution in [1.82, 2.24) is 10.3 Å². The SMILES string of the molecule is C=COCCCNC(=O)c1cccc(=O)[nH]1. The molecule has 0 radical (unpaired) electrons. The van der Waals surface area contributed by atoms with Gasteiger partial charge >= 0.3 is 0 Å². The van der Waals surface area contributed by atoms with Crippen LogP contribution in [0.4, 0.5) is 0 Å². The van der Waals surface area contributed by atoms with Gasteiger partial charge < -0.3 is 15.0 Å². The summed E-state index contributed by atoms with van der Waals surface area (Å²) in [5.74, 6) is -0.295. The number of hydrogen-bond acceptors (Lipinski definition) is 3. The number of aromatic nitrogens is 1. The number of H-pyrrole nitrogens is 1. The minimum absolute atomic E-state index is 0.261. The first-order valence-electron chi connectivity index (χ1n) is 4.94. The molecule has 5 nitrogen and oxygen atoms in total. The summed E-state index contributed by atoms with van der Waals surface area (Å²) in [5.41, 5.74) is -0.0280. The summed E-state index contributed by atoms with van der Waals surface area (Å²) in [7, 11) is 0. The molecule has 0 aliphatic rings. The fourth-order valence-corrected chi connectivity index (χ4v) is 1.12. The summed E-state index contributed by atoms with van der Waals surface area (Å²) in [6, 6.07) is 4.44. The molecule has 1 amide bonds. The van der Waals surface area contributed by atoms with E-state index in [0.29, 0.717) is 19.6 Å². The number of carbonyl (C=O) groups excluding carboxylic acids is 1. The van der Waals surface area contributed by atoms with E-state index in [-0.39, 0.29) is 17.2 Å².